The van der Waals surface area contributed by atoms with Crippen molar-refractivity contribution in [2.75, 3.05) is 0 Å². The Kier molecular flexibility index (Phi) is 7.56. The Morgan fingerprint density at radius 1 is 1.11 bits per heavy atom. The minimum absolute atomic E-state index is 0.298. The van der Waals surface area contributed by atoms with E-state index < -0.39 is 5.97 Å². The topological polar surface area (TPSA) is 54.4 Å². The third-order valence-corrected chi connectivity index (χ3v) is 3.30. The van der Waals surface area contributed by atoms with Gasteiger partial charge in [-0.3, -0.25) is 4.79 Å². The maximum Gasteiger partial charge on any atom is 0.306 e. The minimum atomic E-state index is -0.711. The van der Waals surface area contributed by atoms with E-state index in [1.165, 1.54) is 0 Å². The summed E-state index contributed by atoms with van der Waals surface area (Å²) in [6, 6.07) is 9.76. The molecule has 0 saturated carbocycles. The molecule has 0 saturated heterocycles. The molecule has 0 aliphatic rings. The Hall–Kier alpha value is -1.64. The quantitative estimate of drug-likeness (QED) is 0.519. The predicted octanol–water partition coefficient (Wildman–Crippen LogP) is 3.47. The van der Waals surface area contributed by atoms with E-state index in [2.05, 4.69) is 0 Å². The zero-order valence-corrected chi connectivity index (χ0v) is 11.3. The Labute approximate surface area is 114 Å². The van der Waals surface area contributed by atoms with Crippen molar-refractivity contribution >= 4 is 12.3 Å². The van der Waals surface area contributed by atoms with E-state index in [4.69, 9.17) is 0 Å². The van der Waals surface area contributed by atoms with Gasteiger partial charge >= 0.3 is 5.97 Å². The average Bonchev–Trinajstić information content (AvgIpc) is 2.42. The van der Waals surface area contributed by atoms with Gasteiger partial charge in [0.25, 0.3) is 0 Å². The molecule has 104 valence electrons. The van der Waals surface area contributed by atoms with Crippen LogP contribution in [0.3, 0.4) is 0 Å². The van der Waals surface area contributed by atoms with Crippen LogP contribution in [0.25, 0.3) is 0 Å². The molecule has 0 aliphatic heterocycles. The van der Waals surface area contributed by atoms with Gasteiger partial charge in [0, 0.05) is 6.42 Å². The van der Waals surface area contributed by atoms with Crippen LogP contribution < -0.4 is 0 Å². The molecular weight excluding hydrogens is 240 g/mol. The van der Waals surface area contributed by atoms with Gasteiger partial charge < -0.3 is 9.90 Å². The van der Waals surface area contributed by atoms with Crippen molar-refractivity contribution in [2.24, 2.45) is 5.92 Å². The first kappa shape index (κ1) is 15.4. The van der Waals surface area contributed by atoms with E-state index in [-0.39, 0.29) is 5.92 Å². The Balaban J connectivity index is 2.29. The SMILES string of the molecule is O=CCCCCCCC(Cc1ccccc1)C(=O)O. The number of aliphatic carboxylic acids is 1. The largest absolute Gasteiger partial charge is 0.481 e. The minimum Gasteiger partial charge on any atom is -0.481 e. The molecule has 19 heavy (non-hydrogen) atoms. The van der Waals surface area contributed by atoms with E-state index in [0.717, 1.165) is 37.5 Å². The molecular formula is C16H22O3. The molecule has 1 N–H and O–H groups in total. The van der Waals surface area contributed by atoms with Gasteiger partial charge in [0.05, 0.1) is 5.92 Å². The monoisotopic (exact) mass is 262 g/mol. The fourth-order valence-corrected chi connectivity index (χ4v) is 2.18. The molecule has 1 atom stereocenters. The fourth-order valence-electron chi connectivity index (χ4n) is 2.18. The summed E-state index contributed by atoms with van der Waals surface area (Å²) < 4.78 is 0. The van der Waals surface area contributed by atoms with E-state index in [1.807, 2.05) is 30.3 Å². The highest BCUT2D eigenvalue weighted by atomic mass is 16.4. The zero-order chi connectivity index (χ0) is 13.9. The number of unbranched alkanes of at least 4 members (excludes halogenated alkanes) is 4. The molecule has 0 bridgehead atoms. The van der Waals surface area contributed by atoms with Crippen molar-refractivity contribution in [2.45, 2.75) is 44.9 Å². The molecule has 0 spiro atoms. The van der Waals surface area contributed by atoms with Gasteiger partial charge in [0.2, 0.25) is 0 Å². The summed E-state index contributed by atoms with van der Waals surface area (Å²) >= 11 is 0. The second kappa shape index (κ2) is 9.31. The van der Waals surface area contributed by atoms with Crippen LogP contribution in [-0.2, 0) is 16.0 Å². The second-order valence-corrected chi connectivity index (χ2v) is 4.88. The number of carbonyl (C=O) groups is 2. The Bertz CT molecular complexity index is 373. The normalized spacial score (nSPS) is 12.0. The van der Waals surface area contributed by atoms with Crippen LogP contribution in [0.15, 0.2) is 30.3 Å². The highest BCUT2D eigenvalue weighted by Gasteiger charge is 2.17. The molecule has 0 radical (unpaired) electrons. The Morgan fingerprint density at radius 3 is 2.42 bits per heavy atom. The van der Waals surface area contributed by atoms with Crippen molar-refractivity contribution in [1.29, 1.82) is 0 Å². The molecule has 0 heterocycles. The summed E-state index contributed by atoms with van der Waals surface area (Å²) in [5, 5.41) is 9.23. The molecule has 0 amide bonds. The van der Waals surface area contributed by atoms with Crippen LogP contribution >= 0.6 is 0 Å². The van der Waals surface area contributed by atoms with Gasteiger partial charge in [-0.05, 0) is 24.8 Å². The van der Waals surface area contributed by atoms with Crippen molar-refractivity contribution in [3.05, 3.63) is 35.9 Å². The van der Waals surface area contributed by atoms with Gasteiger partial charge in [0.1, 0.15) is 6.29 Å². The first-order valence-electron chi connectivity index (χ1n) is 6.94. The van der Waals surface area contributed by atoms with Crippen LogP contribution in [0.4, 0.5) is 0 Å². The highest BCUT2D eigenvalue weighted by Crippen LogP contribution is 2.17. The zero-order valence-electron chi connectivity index (χ0n) is 11.3. The number of aldehydes is 1. The number of hydrogen-bond donors (Lipinski definition) is 1. The standard InChI is InChI=1S/C16H22O3/c17-12-8-3-1-2-7-11-15(16(18)19)13-14-9-5-4-6-10-14/h4-6,9-10,12,15H,1-3,7-8,11,13H2,(H,18,19). The molecule has 1 aromatic carbocycles. The number of hydrogen-bond acceptors (Lipinski definition) is 2. The number of benzene rings is 1. The van der Waals surface area contributed by atoms with E-state index >= 15 is 0 Å². The lowest BCUT2D eigenvalue weighted by atomic mass is 9.93. The van der Waals surface area contributed by atoms with Gasteiger partial charge in [-0.2, -0.15) is 0 Å². The number of carboxylic acids is 1. The summed E-state index contributed by atoms with van der Waals surface area (Å²) in [5.74, 6) is -1.01. The van der Waals surface area contributed by atoms with Gasteiger partial charge in [0.15, 0.2) is 0 Å². The van der Waals surface area contributed by atoms with E-state index in [1.54, 1.807) is 0 Å². The van der Waals surface area contributed by atoms with Crippen molar-refractivity contribution in [1.82, 2.24) is 0 Å². The number of carboxylic acid groups (broad SMARTS) is 1. The van der Waals surface area contributed by atoms with Gasteiger partial charge in [-0.25, -0.2) is 0 Å². The summed E-state index contributed by atoms with van der Waals surface area (Å²) in [5.41, 5.74) is 1.08. The average molecular weight is 262 g/mol. The van der Waals surface area contributed by atoms with E-state index in [0.29, 0.717) is 19.3 Å². The van der Waals surface area contributed by atoms with Crippen LogP contribution in [0, 0.1) is 5.92 Å². The number of carbonyl (C=O) groups excluding carboxylic acids is 1. The third kappa shape index (κ3) is 6.75. The first-order valence-corrected chi connectivity index (χ1v) is 6.94. The van der Waals surface area contributed by atoms with Crippen LogP contribution in [0.2, 0.25) is 0 Å². The lowest BCUT2D eigenvalue weighted by Gasteiger charge is -2.12. The van der Waals surface area contributed by atoms with Gasteiger partial charge in [-0.15, -0.1) is 0 Å². The number of rotatable bonds is 10. The lowest BCUT2D eigenvalue weighted by Crippen LogP contribution is -2.16. The molecule has 0 aliphatic carbocycles. The smallest absolute Gasteiger partial charge is 0.306 e. The van der Waals surface area contributed by atoms with E-state index in [9.17, 15) is 14.7 Å². The maximum absolute atomic E-state index is 11.2. The molecule has 1 rings (SSSR count). The second-order valence-electron chi connectivity index (χ2n) is 4.88. The highest BCUT2D eigenvalue weighted by molar-refractivity contribution is 5.70. The molecule has 1 aromatic rings. The molecule has 1 unspecified atom stereocenters. The molecule has 3 heteroatoms. The third-order valence-electron chi connectivity index (χ3n) is 3.30. The predicted molar refractivity (Wildman–Crippen MR) is 75.0 cm³/mol. The van der Waals surface area contributed by atoms with Gasteiger partial charge in [-0.1, -0.05) is 49.6 Å². The summed E-state index contributed by atoms with van der Waals surface area (Å²) in [6.45, 7) is 0. The fraction of sp³-hybridized carbons (Fsp3) is 0.500. The molecule has 3 nitrogen and oxygen atoms in total. The summed E-state index contributed by atoms with van der Waals surface area (Å²) in [6.07, 6.45) is 6.73. The van der Waals surface area contributed by atoms with Crippen molar-refractivity contribution in [3.8, 4) is 0 Å². The Morgan fingerprint density at radius 2 is 1.79 bits per heavy atom. The van der Waals surface area contributed by atoms with Crippen molar-refractivity contribution in [3.63, 3.8) is 0 Å². The summed E-state index contributed by atoms with van der Waals surface area (Å²) in [4.78, 5) is 21.4. The van der Waals surface area contributed by atoms with Crippen molar-refractivity contribution < 1.29 is 14.7 Å². The van der Waals surface area contributed by atoms with Crippen LogP contribution in [0.1, 0.15) is 44.1 Å². The van der Waals surface area contributed by atoms with Crippen LogP contribution in [-0.4, -0.2) is 17.4 Å². The van der Waals surface area contributed by atoms with Crippen LogP contribution in [0.5, 0.6) is 0 Å². The molecule has 0 aromatic heterocycles. The summed E-state index contributed by atoms with van der Waals surface area (Å²) in [7, 11) is 0. The maximum atomic E-state index is 11.2. The first-order chi connectivity index (χ1) is 9.24. The lowest BCUT2D eigenvalue weighted by molar-refractivity contribution is -0.142. The molecule has 0 fully saturated rings.